The summed E-state index contributed by atoms with van der Waals surface area (Å²) in [7, 11) is 1.63. The highest BCUT2D eigenvalue weighted by atomic mass is 32.1. The third kappa shape index (κ3) is 1.75. The van der Waals surface area contributed by atoms with E-state index in [0.717, 1.165) is 21.4 Å². The SMILES string of the molecule is CCC(=O)c1cc(OC)c2sccc2c1. The second-order valence-corrected chi connectivity index (χ2v) is 4.21. The molecule has 0 amide bonds. The van der Waals surface area contributed by atoms with Crippen molar-refractivity contribution in [1.82, 2.24) is 0 Å². The van der Waals surface area contributed by atoms with Crippen molar-refractivity contribution in [3.05, 3.63) is 29.1 Å². The fourth-order valence-corrected chi connectivity index (χ4v) is 2.44. The molecule has 3 heteroatoms. The zero-order valence-corrected chi connectivity index (χ0v) is 9.56. The Balaban J connectivity index is 2.63. The van der Waals surface area contributed by atoms with Gasteiger partial charge in [0.1, 0.15) is 5.75 Å². The first-order valence-electron chi connectivity index (χ1n) is 4.84. The fourth-order valence-electron chi connectivity index (χ4n) is 1.57. The summed E-state index contributed by atoms with van der Waals surface area (Å²) in [6, 6.07) is 5.76. The number of thiophene rings is 1. The van der Waals surface area contributed by atoms with Crippen LogP contribution in [-0.2, 0) is 0 Å². The summed E-state index contributed by atoms with van der Waals surface area (Å²) >= 11 is 1.63. The first kappa shape index (κ1) is 10.2. The Bertz CT molecular complexity index is 499. The van der Waals surface area contributed by atoms with Gasteiger partial charge in [-0.1, -0.05) is 6.92 Å². The molecule has 0 radical (unpaired) electrons. The number of hydrogen-bond acceptors (Lipinski definition) is 3. The van der Waals surface area contributed by atoms with E-state index in [-0.39, 0.29) is 5.78 Å². The molecule has 0 aliphatic carbocycles. The molecule has 0 bridgehead atoms. The van der Waals surface area contributed by atoms with E-state index >= 15 is 0 Å². The summed E-state index contributed by atoms with van der Waals surface area (Å²) in [6.45, 7) is 1.87. The second kappa shape index (κ2) is 4.03. The number of carbonyl (C=O) groups excluding carboxylic acids is 1. The van der Waals surface area contributed by atoms with Crippen LogP contribution in [0.25, 0.3) is 10.1 Å². The molecule has 0 aliphatic rings. The molecule has 0 unspecified atom stereocenters. The van der Waals surface area contributed by atoms with Gasteiger partial charge >= 0.3 is 0 Å². The van der Waals surface area contributed by atoms with Crippen molar-refractivity contribution in [2.75, 3.05) is 7.11 Å². The molecule has 2 rings (SSSR count). The lowest BCUT2D eigenvalue weighted by Crippen LogP contribution is -1.97. The van der Waals surface area contributed by atoms with Gasteiger partial charge in [0.25, 0.3) is 0 Å². The average molecular weight is 220 g/mol. The first-order chi connectivity index (χ1) is 7.26. The van der Waals surface area contributed by atoms with Gasteiger partial charge in [0.15, 0.2) is 5.78 Å². The van der Waals surface area contributed by atoms with Crippen LogP contribution in [0.15, 0.2) is 23.6 Å². The van der Waals surface area contributed by atoms with Crippen LogP contribution < -0.4 is 4.74 Å². The lowest BCUT2D eigenvalue weighted by Gasteiger charge is -2.04. The number of ketones is 1. The highest BCUT2D eigenvalue weighted by Gasteiger charge is 2.09. The summed E-state index contributed by atoms with van der Waals surface area (Å²) < 4.78 is 6.38. The predicted molar refractivity (Wildman–Crippen MR) is 63.0 cm³/mol. The van der Waals surface area contributed by atoms with E-state index < -0.39 is 0 Å². The Labute approximate surface area is 92.5 Å². The summed E-state index contributed by atoms with van der Waals surface area (Å²) in [5.74, 6) is 0.945. The van der Waals surface area contributed by atoms with Crippen LogP contribution in [0.1, 0.15) is 23.7 Å². The lowest BCUT2D eigenvalue weighted by atomic mass is 10.1. The molecule has 0 saturated heterocycles. The van der Waals surface area contributed by atoms with Gasteiger partial charge in [0.05, 0.1) is 11.8 Å². The van der Waals surface area contributed by atoms with Gasteiger partial charge in [0, 0.05) is 12.0 Å². The highest BCUT2D eigenvalue weighted by Crippen LogP contribution is 2.32. The molecule has 0 saturated carbocycles. The van der Waals surface area contributed by atoms with Crippen LogP contribution in [0.4, 0.5) is 0 Å². The number of rotatable bonds is 3. The Morgan fingerprint density at radius 3 is 2.93 bits per heavy atom. The summed E-state index contributed by atoms with van der Waals surface area (Å²) in [6.07, 6.45) is 0.527. The molecule has 0 aliphatic heterocycles. The largest absolute Gasteiger partial charge is 0.495 e. The first-order valence-corrected chi connectivity index (χ1v) is 5.72. The zero-order valence-electron chi connectivity index (χ0n) is 8.74. The van der Waals surface area contributed by atoms with Crippen LogP contribution >= 0.6 is 11.3 Å². The number of Topliss-reactive ketones (excluding diaryl/α,β-unsaturated/α-hetero) is 1. The van der Waals surface area contributed by atoms with Crippen molar-refractivity contribution >= 4 is 27.2 Å². The Hall–Kier alpha value is -1.35. The fraction of sp³-hybridized carbons (Fsp3) is 0.250. The van der Waals surface area contributed by atoms with E-state index in [4.69, 9.17) is 4.74 Å². The molecule has 0 spiro atoms. The number of ether oxygens (including phenoxy) is 1. The zero-order chi connectivity index (χ0) is 10.8. The minimum absolute atomic E-state index is 0.154. The third-order valence-electron chi connectivity index (χ3n) is 2.38. The van der Waals surface area contributed by atoms with Crippen molar-refractivity contribution in [3.8, 4) is 5.75 Å². The van der Waals surface area contributed by atoms with E-state index in [1.807, 2.05) is 30.5 Å². The van der Waals surface area contributed by atoms with Crippen LogP contribution in [0, 0.1) is 0 Å². The quantitative estimate of drug-likeness (QED) is 0.740. The number of carbonyl (C=O) groups is 1. The van der Waals surface area contributed by atoms with Crippen molar-refractivity contribution in [1.29, 1.82) is 0 Å². The molecule has 2 aromatic rings. The lowest BCUT2D eigenvalue weighted by molar-refractivity contribution is 0.0988. The maximum absolute atomic E-state index is 11.6. The number of fused-ring (bicyclic) bond motifs is 1. The topological polar surface area (TPSA) is 26.3 Å². The molecule has 1 heterocycles. The number of benzene rings is 1. The smallest absolute Gasteiger partial charge is 0.162 e. The molecule has 78 valence electrons. The second-order valence-electron chi connectivity index (χ2n) is 3.29. The van der Waals surface area contributed by atoms with Crippen LogP contribution in [-0.4, -0.2) is 12.9 Å². The summed E-state index contributed by atoms with van der Waals surface area (Å²) in [5, 5.41) is 3.09. The van der Waals surface area contributed by atoms with Gasteiger partial charge in [-0.25, -0.2) is 0 Å². The van der Waals surface area contributed by atoms with Crippen molar-refractivity contribution in [2.24, 2.45) is 0 Å². The van der Waals surface area contributed by atoms with Gasteiger partial charge < -0.3 is 4.74 Å². The van der Waals surface area contributed by atoms with Gasteiger partial charge in [-0.2, -0.15) is 0 Å². The predicted octanol–water partition coefficient (Wildman–Crippen LogP) is 3.50. The molecule has 1 aromatic carbocycles. The Morgan fingerprint density at radius 1 is 1.47 bits per heavy atom. The van der Waals surface area contributed by atoms with Crippen LogP contribution in [0.5, 0.6) is 5.75 Å². The van der Waals surface area contributed by atoms with Gasteiger partial charge in [-0.05, 0) is 29.0 Å². The van der Waals surface area contributed by atoms with E-state index in [9.17, 15) is 4.79 Å². The van der Waals surface area contributed by atoms with E-state index in [2.05, 4.69) is 0 Å². The average Bonchev–Trinajstić information content (AvgIpc) is 2.74. The Morgan fingerprint density at radius 2 is 2.27 bits per heavy atom. The molecule has 1 aromatic heterocycles. The molecule has 15 heavy (non-hydrogen) atoms. The molecule has 0 atom stereocenters. The molecular formula is C12H12O2S. The van der Waals surface area contributed by atoms with Crippen molar-refractivity contribution in [2.45, 2.75) is 13.3 Å². The number of hydrogen-bond donors (Lipinski definition) is 0. The molecule has 0 fully saturated rings. The molecule has 2 nitrogen and oxygen atoms in total. The van der Waals surface area contributed by atoms with Gasteiger partial charge in [-0.15, -0.1) is 11.3 Å². The maximum Gasteiger partial charge on any atom is 0.162 e. The van der Waals surface area contributed by atoms with E-state index in [0.29, 0.717) is 6.42 Å². The highest BCUT2D eigenvalue weighted by molar-refractivity contribution is 7.17. The molecular weight excluding hydrogens is 208 g/mol. The Kier molecular flexibility index (Phi) is 2.73. The minimum Gasteiger partial charge on any atom is -0.495 e. The van der Waals surface area contributed by atoms with Crippen LogP contribution in [0.3, 0.4) is 0 Å². The van der Waals surface area contributed by atoms with Crippen molar-refractivity contribution < 1.29 is 9.53 Å². The number of methoxy groups -OCH3 is 1. The maximum atomic E-state index is 11.6. The van der Waals surface area contributed by atoms with Gasteiger partial charge in [-0.3, -0.25) is 4.79 Å². The summed E-state index contributed by atoms with van der Waals surface area (Å²) in [4.78, 5) is 11.6. The normalized spacial score (nSPS) is 10.5. The monoisotopic (exact) mass is 220 g/mol. The van der Waals surface area contributed by atoms with E-state index in [1.54, 1.807) is 18.4 Å². The standard InChI is InChI=1S/C12H12O2S/c1-3-10(13)9-6-8-4-5-15-12(8)11(7-9)14-2/h4-7H,3H2,1-2H3. The van der Waals surface area contributed by atoms with E-state index in [1.165, 1.54) is 0 Å². The van der Waals surface area contributed by atoms with Gasteiger partial charge in [0.2, 0.25) is 0 Å². The van der Waals surface area contributed by atoms with Crippen LogP contribution in [0.2, 0.25) is 0 Å². The third-order valence-corrected chi connectivity index (χ3v) is 3.32. The molecule has 0 N–H and O–H groups in total. The minimum atomic E-state index is 0.154. The van der Waals surface area contributed by atoms with Crippen molar-refractivity contribution in [3.63, 3.8) is 0 Å². The summed E-state index contributed by atoms with van der Waals surface area (Å²) in [5.41, 5.74) is 0.736.